The molecule has 0 saturated heterocycles. The molecule has 5 aromatic rings. The third kappa shape index (κ3) is 6.12. The van der Waals surface area contributed by atoms with Crippen molar-refractivity contribution in [1.29, 1.82) is 0 Å². The van der Waals surface area contributed by atoms with Crippen LogP contribution in [0, 0.1) is 0 Å². The van der Waals surface area contributed by atoms with Crippen molar-refractivity contribution in [3.05, 3.63) is 95.1 Å². The predicted octanol–water partition coefficient (Wildman–Crippen LogP) is 6.66. The first-order chi connectivity index (χ1) is 18.5. The molecule has 0 aliphatic rings. The van der Waals surface area contributed by atoms with Gasteiger partial charge in [-0.2, -0.15) is 9.61 Å². The Kier molecular flexibility index (Phi) is 8.17. The zero-order valence-electron chi connectivity index (χ0n) is 20.9. The number of halogens is 1. The van der Waals surface area contributed by atoms with Gasteiger partial charge in [0.15, 0.2) is 5.65 Å². The molecule has 7 nitrogen and oxygen atoms in total. The molecule has 0 saturated carbocycles. The molecule has 0 aliphatic heterocycles. The van der Waals surface area contributed by atoms with E-state index in [0.29, 0.717) is 16.9 Å². The van der Waals surface area contributed by atoms with Crippen LogP contribution >= 0.6 is 27.7 Å². The van der Waals surface area contributed by atoms with Crippen molar-refractivity contribution < 1.29 is 10.2 Å². The molecule has 38 heavy (non-hydrogen) atoms. The molecule has 9 heteroatoms. The normalized spacial score (nSPS) is 11.3. The van der Waals surface area contributed by atoms with Gasteiger partial charge >= 0.3 is 0 Å². The minimum atomic E-state index is 0.191. The van der Waals surface area contributed by atoms with Crippen molar-refractivity contribution in [2.45, 2.75) is 22.8 Å². The number of hydrogen-bond donors (Lipinski definition) is 3. The number of benzene rings is 3. The molecule has 0 amide bonds. The molecule has 0 spiro atoms. The number of fused-ring (bicyclic) bond motifs is 1. The van der Waals surface area contributed by atoms with Gasteiger partial charge in [-0.1, -0.05) is 42.1 Å². The second-order valence-corrected chi connectivity index (χ2v) is 11.0. The summed E-state index contributed by atoms with van der Waals surface area (Å²) >= 11 is 5.24. The molecule has 0 aliphatic carbocycles. The first-order valence-electron chi connectivity index (χ1n) is 12.3. The minimum Gasteiger partial charge on any atom is -0.508 e. The molecule has 0 radical (unpaired) electrons. The minimum absolute atomic E-state index is 0.191. The number of hydrogen-bond acceptors (Lipinski definition) is 7. The largest absolute Gasteiger partial charge is 0.508 e. The van der Waals surface area contributed by atoms with Crippen LogP contribution in [0.4, 0.5) is 5.82 Å². The molecule has 3 N–H and O–H groups in total. The molecule has 2 aromatic heterocycles. The van der Waals surface area contributed by atoms with E-state index in [-0.39, 0.29) is 11.5 Å². The van der Waals surface area contributed by atoms with Gasteiger partial charge in [0.25, 0.3) is 0 Å². The maximum Gasteiger partial charge on any atom is 0.172 e. The molecular weight excluding hydrogens is 562 g/mol. The van der Waals surface area contributed by atoms with Crippen LogP contribution in [0.2, 0.25) is 0 Å². The van der Waals surface area contributed by atoms with E-state index < -0.39 is 0 Å². The van der Waals surface area contributed by atoms with Crippen molar-refractivity contribution in [2.24, 2.45) is 0 Å². The van der Waals surface area contributed by atoms with Gasteiger partial charge in [0.2, 0.25) is 0 Å². The van der Waals surface area contributed by atoms with E-state index in [1.807, 2.05) is 30.3 Å². The summed E-state index contributed by atoms with van der Waals surface area (Å²) in [6.45, 7) is 2.50. The summed E-state index contributed by atoms with van der Waals surface area (Å²) in [6.07, 6.45) is 2.66. The van der Waals surface area contributed by atoms with Crippen molar-refractivity contribution in [2.75, 3.05) is 25.5 Å². The van der Waals surface area contributed by atoms with Gasteiger partial charge in [-0.25, -0.2) is 4.98 Å². The lowest BCUT2D eigenvalue weighted by Gasteiger charge is -2.19. The van der Waals surface area contributed by atoms with Gasteiger partial charge in [-0.05, 0) is 84.0 Å². The monoisotopic (exact) mass is 589 g/mol. The number of rotatable bonds is 10. The zero-order valence-corrected chi connectivity index (χ0v) is 23.3. The van der Waals surface area contributed by atoms with E-state index in [0.717, 1.165) is 41.2 Å². The molecule has 0 bridgehead atoms. The second-order valence-electron chi connectivity index (χ2n) is 8.99. The summed E-state index contributed by atoms with van der Waals surface area (Å²) in [5.74, 6) is 1.28. The lowest BCUT2D eigenvalue weighted by molar-refractivity contribution is 0.323. The average Bonchev–Trinajstić information content (AvgIpc) is 3.30. The molecule has 0 atom stereocenters. The van der Waals surface area contributed by atoms with Crippen LogP contribution in [-0.4, -0.2) is 49.8 Å². The van der Waals surface area contributed by atoms with Crippen LogP contribution in [0.15, 0.2) is 99.3 Å². The first kappa shape index (κ1) is 26.1. The third-order valence-corrected chi connectivity index (χ3v) is 7.79. The number of nitrogens with zero attached hydrogens (tertiary/aromatic N) is 4. The zero-order chi connectivity index (χ0) is 26.5. The van der Waals surface area contributed by atoms with E-state index in [1.165, 1.54) is 10.5 Å². The lowest BCUT2D eigenvalue weighted by Crippen LogP contribution is -2.22. The van der Waals surface area contributed by atoms with Gasteiger partial charge < -0.3 is 20.4 Å². The Morgan fingerprint density at radius 2 is 1.76 bits per heavy atom. The number of phenols is 2. The third-order valence-electron chi connectivity index (χ3n) is 6.11. The Morgan fingerprint density at radius 1 is 1.00 bits per heavy atom. The number of para-hydroxylation sites is 1. The van der Waals surface area contributed by atoms with Crippen LogP contribution < -0.4 is 5.32 Å². The van der Waals surface area contributed by atoms with Crippen molar-refractivity contribution in [3.8, 4) is 22.8 Å². The fourth-order valence-electron chi connectivity index (χ4n) is 4.20. The van der Waals surface area contributed by atoms with E-state index in [2.05, 4.69) is 62.6 Å². The van der Waals surface area contributed by atoms with Crippen molar-refractivity contribution >= 4 is 39.2 Å². The van der Waals surface area contributed by atoms with Crippen LogP contribution in [0.1, 0.15) is 12.0 Å². The number of phenolic OH excluding ortho intramolecular Hbond substituents is 2. The molecular formula is C29H28BrN5O2S. The highest BCUT2D eigenvalue weighted by molar-refractivity contribution is 9.10. The van der Waals surface area contributed by atoms with Gasteiger partial charge in [0.1, 0.15) is 17.3 Å². The highest BCUT2D eigenvalue weighted by Crippen LogP contribution is 2.33. The number of nitrogens with one attached hydrogen (secondary N) is 1. The number of aromatic hydroxyl groups is 2. The fourth-order valence-corrected chi connectivity index (χ4v) is 5.49. The Hall–Kier alpha value is -3.53. The summed E-state index contributed by atoms with van der Waals surface area (Å²) in [5, 5.41) is 27.9. The Balaban J connectivity index is 1.22. The van der Waals surface area contributed by atoms with E-state index >= 15 is 0 Å². The van der Waals surface area contributed by atoms with Crippen molar-refractivity contribution in [3.63, 3.8) is 0 Å². The molecule has 0 unspecified atom stereocenters. The predicted molar refractivity (Wildman–Crippen MR) is 156 cm³/mol. The van der Waals surface area contributed by atoms with E-state index in [9.17, 15) is 10.2 Å². The molecule has 3 aromatic carbocycles. The van der Waals surface area contributed by atoms with Gasteiger partial charge in [-0.3, -0.25) is 0 Å². The van der Waals surface area contributed by atoms with Crippen LogP contribution in [0.5, 0.6) is 11.5 Å². The first-order valence-corrected chi connectivity index (χ1v) is 13.9. The number of aromatic nitrogens is 3. The molecule has 0 fully saturated rings. The maximum absolute atomic E-state index is 10.3. The van der Waals surface area contributed by atoms with Gasteiger partial charge in [-0.15, -0.1) is 0 Å². The highest BCUT2D eigenvalue weighted by atomic mass is 79.9. The Bertz CT molecular complexity index is 1540. The van der Waals surface area contributed by atoms with Gasteiger partial charge in [0, 0.05) is 34.5 Å². The molecule has 2 heterocycles. The summed E-state index contributed by atoms with van der Waals surface area (Å²) in [7, 11) is 2.13. The summed E-state index contributed by atoms with van der Waals surface area (Å²) in [4.78, 5) is 9.33. The quantitative estimate of drug-likeness (QED) is 0.157. The fraction of sp³-hybridized carbons (Fsp3) is 0.172. The van der Waals surface area contributed by atoms with E-state index in [4.69, 9.17) is 4.98 Å². The topological polar surface area (TPSA) is 85.9 Å². The Morgan fingerprint density at radius 3 is 2.58 bits per heavy atom. The van der Waals surface area contributed by atoms with Crippen LogP contribution in [0.3, 0.4) is 0 Å². The molecule has 194 valence electrons. The molecule has 5 rings (SSSR count). The summed E-state index contributed by atoms with van der Waals surface area (Å²) in [6, 6.07) is 24.9. The standard InChI is InChI=1S/C29H28BrN5O2S/c1-34(19-20-7-2-5-10-27(20)38-22-13-11-21(36)12-14-22)16-6-15-31-28-17-25(23-8-3-4-9-26(23)37)33-29-24(30)18-32-35(28)29/h2-5,7-14,17-18,31,36-37H,6,15-16,19H2,1H3. The smallest absolute Gasteiger partial charge is 0.172 e. The SMILES string of the molecule is CN(CCCNc1cc(-c2ccccc2O)nc2c(Br)cnn12)Cc1ccccc1Sc1ccc(O)cc1. The Labute approximate surface area is 234 Å². The summed E-state index contributed by atoms with van der Waals surface area (Å²) in [5.41, 5.74) is 3.31. The lowest BCUT2D eigenvalue weighted by atomic mass is 10.1. The van der Waals surface area contributed by atoms with E-state index in [1.54, 1.807) is 46.7 Å². The average molecular weight is 591 g/mol. The van der Waals surface area contributed by atoms with Crippen molar-refractivity contribution in [1.82, 2.24) is 19.5 Å². The maximum atomic E-state index is 10.3. The summed E-state index contributed by atoms with van der Waals surface area (Å²) < 4.78 is 2.56. The second kappa shape index (κ2) is 11.9. The van der Waals surface area contributed by atoms with Gasteiger partial charge in [0.05, 0.1) is 16.4 Å². The number of anilines is 1. The van der Waals surface area contributed by atoms with Crippen LogP contribution in [-0.2, 0) is 6.54 Å². The van der Waals surface area contributed by atoms with Crippen LogP contribution in [0.25, 0.3) is 16.9 Å². The highest BCUT2D eigenvalue weighted by Gasteiger charge is 2.14.